The van der Waals surface area contributed by atoms with Gasteiger partial charge in [0.1, 0.15) is 0 Å². The molecule has 0 saturated heterocycles. The smallest absolute Gasteiger partial charge is 0.0570 e. The van der Waals surface area contributed by atoms with Gasteiger partial charge in [-0.1, -0.05) is 82.9 Å². The second-order valence-electron chi connectivity index (χ2n) is 11.5. The molecule has 178 valence electrons. The molecule has 1 aromatic rings. The fourth-order valence-corrected chi connectivity index (χ4v) is 7.39. The van der Waals surface area contributed by atoms with Crippen LogP contribution in [0.2, 0.25) is 0 Å². The molecule has 0 spiro atoms. The molecular weight excluding hydrogens is 398 g/mol. The van der Waals surface area contributed by atoms with Gasteiger partial charge in [-0.3, -0.25) is 0 Å². The maximum absolute atomic E-state index is 2.81. The van der Waals surface area contributed by atoms with Gasteiger partial charge in [-0.15, -0.1) is 0 Å². The van der Waals surface area contributed by atoms with Crippen LogP contribution in [0.15, 0.2) is 47.7 Å². The van der Waals surface area contributed by atoms with E-state index in [1.54, 1.807) is 16.8 Å². The maximum atomic E-state index is 2.81. The second kappa shape index (κ2) is 9.47. The first kappa shape index (κ1) is 23.0. The summed E-state index contributed by atoms with van der Waals surface area (Å²) in [4.78, 5) is 2.81. The summed E-state index contributed by atoms with van der Waals surface area (Å²) in [5, 5.41) is 0. The molecule has 4 aliphatic rings. The van der Waals surface area contributed by atoms with E-state index in [1.165, 1.54) is 81.9 Å². The standard InChI is InChI=1S/C32H45N/c1-5-32(6-2)29-12-7-8-13-30(29)33(21-20-25-16-17-25)31(32)19-18-26-15-14-24(4)28(22-26)27-11-9-10-23(27)3/h8,13-15,18-19,22-23,25,27,31H,5-7,9-12,16-17,20-21H2,1-4H3/b19-18+. The minimum absolute atomic E-state index is 0.299. The Kier molecular flexibility index (Phi) is 6.60. The minimum Gasteiger partial charge on any atom is -0.364 e. The molecule has 1 aliphatic heterocycles. The fraction of sp³-hybridized carbons (Fsp3) is 0.625. The third-order valence-corrected chi connectivity index (χ3v) is 9.73. The Hall–Kier alpha value is -1.76. The summed E-state index contributed by atoms with van der Waals surface area (Å²) in [5.41, 5.74) is 8.12. The monoisotopic (exact) mass is 443 g/mol. The number of rotatable bonds is 8. The summed E-state index contributed by atoms with van der Waals surface area (Å²) in [7, 11) is 0. The van der Waals surface area contributed by atoms with Gasteiger partial charge in [-0.05, 0) is 91.5 Å². The van der Waals surface area contributed by atoms with Gasteiger partial charge in [-0.25, -0.2) is 0 Å². The Labute approximate surface area is 203 Å². The summed E-state index contributed by atoms with van der Waals surface area (Å²) in [6.07, 6.45) is 23.3. The average Bonchev–Trinajstić information content (AvgIpc) is 3.51. The second-order valence-corrected chi connectivity index (χ2v) is 11.5. The molecule has 0 N–H and O–H groups in total. The van der Waals surface area contributed by atoms with Crippen LogP contribution in [-0.4, -0.2) is 17.5 Å². The van der Waals surface area contributed by atoms with Crippen molar-refractivity contribution in [3.05, 3.63) is 64.4 Å². The van der Waals surface area contributed by atoms with E-state index in [9.17, 15) is 0 Å². The van der Waals surface area contributed by atoms with Gasteiger partial charge in [0, 0.05) is 17.7 Å². The molecule has 3 unspecified atom stereocenters. The Balaban J connectivity index is 1.46. The van der Waals surface area contributed by atoms with Crippen molar-refractivity contribution in [3.63, 3.8) is 0 Å². The van der Waals surface area contributed by atoms with Gasteiger partial charge >= 0.3 is 0 Å². The minimum atomic E-state index is 0.299. The fourth-order valence-electron chi connectivity index (χ4n) is 7.39. The van der Waals surface area contributed by atoms with Crippen LogP contribution < -0.4 is 0 Å². The lowest BCUT2D eigenvalue weighted by Gasteiger charge is -2.39. The third-order valence-electron chi connectivity index (χ3n) is 9.73. The molecule has 2 saturated carbocycles. The van der Waals surface area contributed by atoms with E-state index in [-0.39, 0.29) is 0 Å². The zero-order valence-electron chi connectivity index (χ0n) is 21.6. The van der Waals surface area contributed by atoms with Crippen LogP contribution in [0.1, 0.15) is 108 Å². The van der Waals surface area contributed by atoms with E-state index in [4.69, 9.17) is 0 Å². The van der Waals surface area contributed by atoms with Crippen molar-refractivity contribution in [2.45, 2.75) is 104 Å². The van der Waals surface area contributed by atoms with Crippen LogP contribution in [-0.2, 0) is 0 Å². The molecule has 1 heteroatoms. The molecule has 0 radical (unpaired) electrons. The van der Waals surface area contributed by atoms with Crippen LogP contribution in [0.4, 0.5) is 0 Å². The summed E-state index contributed by atoms with van der Waals surface area (Å²) in [6.45, 7) is 10.9. The molecular formula is C32H45N. The molecule has 0 bridgehead atoms. The first-order valence-corrected chi connectivity index (χ1v) is 14.0. The van der Waals surface area contributed by atoms with Gasteiger partial charge in [0.25, 0.3) is 0 Å². The van der Waals surface area contributed by atoms with Crippen LogP contribution in [0, 0.1) is 24.2 Å². The van der Waals surface area contributed by atoms with Crippen LogP contribution in [0.5, 0.6) is 0 Å². The number of hydrogen-bond donors (Lipinski definition) is 0. The molecule has 5 rings (SSSR count). The Morgan fingerprint density at radius 3 is 2.61 bits per heavy atom. The van der Waals surface area contributed by atoms with Crippen molar-refractivity contribution in [2.75, 3.05) is 6.54 Å². The average molecular weight is 444 g/mol. The van der Waals surface area contributed by atoms with Gasteiger partial charge in [0.2, 0.25) is 0 Å². The zero-order chi connectivity index (χ0) is 23.0. The molecule has 1 aromatic carbocycles. The first-order chi connectivity index (χ1) is 16.1. The topological polar surface area (TPSA) is 3.24 Å². The molecule has 3 aliphatic carbocycles. The normalized spacial score (nSPS) is 28.8. The summed E-state index contributed by atoms with van der Waals surface area (Å²) in [5.74, 6) is 2.56. The van der Waals surface area contributed by atoms with E-state index in [0.717, 1.165) is 17.8 Å². The van der Waals surface area contributed by atoms with Crippen molar-refractivity contribution < 1.29 is 0 Å². The van der Waals surface area contributed by atoms with Crippen LogP contribution in [0.25, 0.3) is 6.08 Å². The van der Waals surface area contributed by atoms with Gasteiger partial charge in [0.05, 0.1) is 6.04 Å². The van der Waals surface area contributed by atoms with Gasteiger partial charge in [0.15, 0.2) is 0 Å². The highest BCUT2D eigenvalue weighted by Crippen LogP contribution is 2.53. The van der Waals surface area contributed by atoms with E-state index >= 15 is 0 Å². The van der Waals surface area contributed by atoms with Crippen LogP contribution in [0.3, 0.4) is 0 Å². The maximum Gasteiger partial charge on any atom is 0.0570 e. The van der Waals surface area contributed by atoms with Crippen molar-refractivity contribution >= 4 is 6.08 Å². The molecule has 1 heterocycles. The van der Waals surface area contributed by atoms with E-state index in [1.807, 2.05) is 0 Å². The van der Waals surface area contributed by atoms with Gasteiger partial charge in [-0.2, -0.15) is 0 Å². The highest BCUT2D eigenvalue weighted by Gasteiger charge is 2.48. The van der Waals surface area contributed by atoms with Crippen LogP contribution >= 0.6 is 0 Å². The molecule has 33 heavy (non-hydrogen) atoms. The van der Waals surface area contributed by atoms with Crippen molar-refractivity contribution in [2.24, 2.45) is 17.3 Å². The Bertz CT molecular complexity index is 939. The summed E-state index contributed by atoms with van der Waals surface area (Å²) < 4.78 is 0. The van der Waals surface area contributed by atoms with E-state index < -0.39 is 0 Å². The zero-order valence-corrected chi connectivity index (χ0v) is 21.6. The number of benzene rings is 1. The molecule has 2 fully saturated rings. The largest absolute Gasteiger partial charge is 0.364 e. The van der Waals surface area contributed by atoms with Gasteiger partial charge < -0.3 is 4.90 Å². The number of aryl methyl sites for hydroxylation is 1. The van der Waals surface area contributed by atoms with Crippen molar-refractivity contribution in [3.8, 4) is 0 Å². The third kappa shape index (κ3) is 4.26. The predicted molar refractivity (Wildman–Crippen MR) is 142 cm³/mol. The molecule has 0 aromatic heterocycles. The summed E-state index contributed by atoms with van der Waals surface area (Å²) in [6, 6.07) is 7.74. The van der Waals surface area contributed by atoms with Crippen molar-refractivity contribution in [1.82, 2.24) is 4.90 Å². The lowest BCUT2D eigenvalue weighted by atomic mass is 9.69. The lowest BCUT2D eigenvalue weighted by Crippen LogP contribution is -2.40. The van der Waals surface area contributed by atoms with E-state index in [0.29, 0.717) is 11.5 Å². The first-order valence-electron chi connectivity index (χ1n) is 14.0. The highest BCUT2D eigenvalue weighted by atomic mass is 15.2. The Morgan fingerprint density at radius 1 is 1.09 bits per heavy atom. The number of hydrogen-bond acceptors (Lipinski definition) is 1. The van der Waals surface area contributed by atoms with E-state index in [2.05, 4.69) is 75.1 Å². The number of allylic oxidation sites excluding steroid dienone is 2. The summed E-state index contributed by atoms with van der Waals surface area (Å²) >= 11 is 0. The van der Waals surface area contributed by atoms with Crippen molar-refractivity contribution in [1.29, 1.82) is 0 Å². The predicted octanol–water partition coefficient (Wildman–Crippen LogP) is 8.81. The molecule has 0 amide bonds. The SMILES string of the molecule is CCC1(CC)C2=C(C=CCC2)N(CCC2CC2)C1/C=C/c1ccc(C)c(C2CCCC2C)c1. The quantitative estimate of drug-likeness (QED) is 0.388. The number of nitrogens with zero attached hydrogens (tertiary/aromatic N) is 1. The lowest BCUT2D eigenvalue weighted by molar-refractivity contribution is 0.185. The Morgan fingerprint density at radius 2 is 1.91 bits per heavy atom. The molecule has 3 atom stereocenters. The molecule has 1 nitrogen and oxygen atoms in total. The highest BCUT2D eigenvalue weighted by molar-refractivity contribution is 5.55.